The van der Waals surface area contributed by atoms with Crippen LogP contribution in [0.25, 0.3) is 0 Å². The smallest absolute Gasteiger partial charge is 0.244 e. The molecular formula is C19H25Cl2N3O4S. The molecule has 0 unspecified atom stereocenters. The van der Waals surface area contributed by atoms with Crippen molar-refractivity contribution in [2.24, 2.45) is 5.92 Å². The van der Waals surface area contributed by atoms with Crippen molar-refractivity contribution in [1.29, 1.82) is 0 Å². The molecule has 2 saturated heterocycles. The molecule has 0 bridgehead atoms. The van der Waals surface area contributed by atoms with Crippen LogP contribution in [0, 0.1) is 5.92 Å². The lowest BCUT2D eigenvalue weighted by Gasteiger charge is -2.30. The maximum atomic E-state index is 12.9. The maximum absolute atomic E-state index is 12.9. The van der Waals surface area contributed by atoms with Gasteiger partial charge in [0.1, 0.15) is 4.90 Å². The SMILES string of the molecule is O=C(NCCCN1CCCC1=O)C1CCN(S(=O)(=O)c2cccc(Cl)c2Cl)CC1. The summed E-state index contributed by atoms with van der Waals surface area (Å²) in [5.74, 6) is -0.0926. The Labute approximate surface area is 181 Å². The number of carbonyl (C=O) groups is 2. The molecule has 2 heterocycles. The zero-order valence-electron chi connectivity index (χ0n) is 16.1. The molecule has 0 aromatic heterocycles. The second kappa shape index (κ2) is 9.64. The zero-order chi connectivity index (χ0) is 21.0. The van der Waals surface area contributed by atoms with E-state index in [9.17, 15) is 18.0 Å². The minimum Gasteiger partial charge on any atom is -0.356 e. The number of halogens is 2. The fourth-order valence-electron chi connectivity index (χ4n) is 3.75. The third-order valence-electron chi connectivity index (χ3n) is 5.43. The van der Waals surface area contributed by atoms with Crippen LogP contribution >= 0.6 is 23.2 Å². The molecule has 2 aliphatic rings. The van der Waals surface area contributed by atoms with Gasteiger partial charge in [0.15, 0.2) is 0 Å². The third kappa shape index (κ3) is 5.23. The van der Waals surface area contributed by atoms with Crippen LogP contribution in [0.5, 0.6) is 0 Å². The van der Waals surface area contributed by atoms with Crippen molar-refractivity contribution in [2.75, 3.05) is 32.7 Å². The van der Waals surface area contributed by atoms with Gasteiger partial charge in [-0.3, -0.25) is 9.59 Å². The fourth-order valence-corrected chi connectivity index (χ4v) is 5.95. The summed E-state index contributed by atoms with van der Waals surface area (Å²) in [7, 11) is -3.75. The topological polar surface area (TPSA) is 86.8 Å². The summed E-state index contributed by atoms with van der Waals surface area (Å²) in [6, 6.07) is 4.53. The van der Waals surface area contributed by atoms with Crippen molar-refractivity contribution in [2.45, 2.75) is 37.0 Å². The van der Waals surface area contributed by atoms with Crippen LogP contribution in [0.4, 0.5) is 0 Å². The predicted octanol–water partition coefficient (Wildman–Crippen LogP) is 2.52. The Bertz CT molecular complexity index is 870. The van der Waals surface area contributed by atoms with E-state index in [1.165, 1.54) is 10.4 Å². The van der Waals surface area contributed by atoms with Crippen LogP contribution in [-0.4, -0.2) is 62.2 Å². The van der Waals surface area contributed by atoms with Crippen molar-refractivity contribution >= 4 is 45.0 Å². The number of sulfonamides is 1. The number of rotatable bonds is 7. The number of likely N-dealkylation sites (tertiary alicyclic amines) is 1. The zero-order valence-corrected chi connectivity index (χ0v) is 18.4. The molecule has 0 radical (unpaired) electrons. The summed E-state index contributed by atoms with van der Waals surface area (Å²) in [6.07, 6.45) is 3.15. The second-order valence-corrected chi connectivity index (χ2v) is 10.1. The first-order valence-corrected chi connectivity index (χ1v) is 12.0. The number of nitrogens with zero attached hydrogens (tertiary/aromatic N) is 2. The van der Waals surface area contributed by atoms with Crippen LogP contribution in [-0.2, 0) is 19.6 Å². The normalized spacial score (nSPS) is 19.0. The minimum absolute atomic E-state index is 0.00831. The summed E-state index contributed by atoms with van der Waals surface area (Å²) in [5.41, 5.74) is 0. The van der Waals surface area contributed by atoms with Crippen LogP contribution in [0.1, 0.15) is 32.1 Å². The van der Waals surface area contributed by atoms with Crippen LogP contribution in [0.15, 0.2) is 23.1 Å². The van der Waals surface area contributed by atoms with Gasteiger partial charge in [-0.05, 0) is 37.8 Å². The Morgan fingerprint density at radius 1 is 1.17 bits per heavy atom. The van der Waals surface area contributed by atoms with E-state index in [0.29, 0.717) is 32.4 Å². The summed E-state index contributed by atoms with van der Waals surface area (Å²) in [6.45, 7) is 2.49. The number of carbonyl (C=O) groups excluding carboxylic acids is 2. The summed E-state index contributed by atoms with van der Waals surface area (Å²) >= 11 is 12.0. The molecule has 1 aromatic rings. The van der Waals surface area contributed by atoms with Crippen LogP contribution in [0.3, 0.4) is 0 Å². The van der Waals surface area contributed by atoms with Gasteiger partial charge in [0.2, 0.25) is 21.8 Å². The van der Waals surface area contributed by atoms with Gasteiger partial charge in [0.25, 0.3) is 0 Å². The van der Waals surface area contributed by atoms with Gasteiger partial charge >= 0.3 is 0 Å². The molecule has 1 aromatic carbocycles. The van der Waals surface area contributed by atoms with Gasteiger partial charge in [-0.2, -0.15) is 4.31 Å². The van der Waals surface area contributed by atoms with E-state index >= 15 is 0 Å². The van der Waals surface area contributed by atoms with Gasteiger partial charge in [0.05, 0.1) is 10.0 Å². The molecule has 10 heteroatoms. The summed E-state index contributed by atoms with van der Waals surface area (Å²) < 4.78 is 27.1. The molecule has 0 saturated carbocycles. The largest absolute Gasteiger partial charge is 0.356 e. The van der Waals surface area contributed by atoms with Crippen molar-refractivity contribution in [1.82, 2.24) is 14.5 Å². The van der Waals surface area contributed by atoms with Gasteiger partial charge in [-0.1, -0.05) is 29.3 Å². The molecule has 160 valence electrons. The van der Waals surface area contributed by atoms with Crippen molar-refractivity contribution < 1.29 is 18.0 Å². The van der Waals surface area contributed by atoms with E-state index in [1.54, 1.807) is 12.1 Å². The summed E-state index contributed by atoms with van der Waals surface area (Å²) in [4.78, 5) is 25.8. The van der Waals surface area contributed by atoms with E-state index < -0.39 is 10.0 Å². The fraction of sp³-hybridized carbons (Fsp3) is 0.579. The molecule has 2 aliphatic heterocycles. The number of benzene rings is 1. The molecule has 2 fully saturated rings. The molecule has 7 nitrogen and oxygen atoms in total. The monoisotopic (exact) mass is 461 g/mol. The van der Waals surface area contributed by atoms with E-state index in [1.807, 2.05) is 4.90 Å². The number of hydrogen-bond donors (Lipinski definition) is 1. The molecule has 2 amide bonds. The van der Waals surface area contributed by atoms with Gasteiger partial charge in [-0.25, -0.2) is 8.42 Å². The molecule has 0 aliphatic carbocycles. The number of nitrogens with one attached hydrogen (secondary N) is 1. The van der Waals surface area contributed by atoms with E-state index in [2.05, 4.69) is 5.32 Å². The van der Waals surface area contributed by atoms with Crippen molar-refractivity contribution in [3.05, 3.63) is 28.2 Å². The highest BCUT2D eigenvalue weighted by Gasteiger charge is 2.33. The first-order chi connectivity index (χ1) is 13.8. The van der Waals surface area contributed by atoms with Gasteiger partial charge < -0.3 is 10.2 Å². The van der Waals surface area contributed by atoms with Crippen LogP contribution < -0.4 is 5.32 Å². The highest BCUT2D eigenvalue weighted by atomic mass is 35.5. The molecular weight excluding hydrogens is 437 g/mol. The molecule has 1 N–H and O–H groups in total. The maximum Gasteiger partial charge on any atom is 0.244 e. The van der Waals surface area contributed by atoms with E-state index in [-0.39, 0.29) is 45.8 Å². The van der Waals surface area contributed by atoms with Crippen molar-refractivity contribution in [3.8, 4) is 0 Å². The molecule has 29 heavy (non-hydrogen) atoms. The Balaban J connectivity index is 1.46. The number of hydrogen-bond acceptors (Lipinski definition) is 4. The minimum atomic E-state index is -3.75. The van der Waals surface area contributed by atoms with Gasteiger partial charge in [-0.15, -0.1) is 0 Å². The molecule has 0 spiro atoms. The van der Waals surface area contributed by atoms with Gasteiger partial charge in [0, 0.05) is 45.1 Å². The summed E-state index contributed by atoms with van der Waals surface area (Å²) in [5, 5.41) is 3.12. The Hall–Kier alpha value is -1.35. The lowest BCUT2D eigenvalue weighted by molar-refractivity contribution is -0.127. The average molecular weight is 462 g/mol. The quantitative estimate of drug-likeness (QED) is 0.631. The highest BCUT2D eigenvalue weighted by Crippen LogP contribution is 2.32. The number of amides is 2. The Kier molecular flexibility index (Phi) is 7.42. The van der Waals surface area contributed by atoms with Crippen LogP contribution in [0.2, 0.25) is 10.0 Å². The first-order valence-electron chi connectivity index (χ1n) is 9.80. The van der Waals surface area contributed by atoms with Crippen molar-refractivity contribution in [3.63, 3.8) is 0 Å². The Morgan fingerprint density at radius 3 is 2.55 bits per heavy atom. The third-order valence-corrected chi connectivity index (χ3v) is 8.31. The second-order valence-electron chi connectivity index (χ2n) is 7.36. The van der Waals surface area contributed by atoms with E-state index in [0.717, 1.165) is 19.4 Å². The predicted molar refractivity (Wildman–Crippen MR) is 111 cm³/mol. The average Bonchev–Trinajstić information content (AvgIpc) is 3.12. The number of piperidine rings is 1. The standard InChI is InChI=1S/C19H25Cl2N3O4S/c20-15-4-1-5-16(18(15)21)29(27,28)24-12-7-14(8-13-24)19(26)22-9-3-11-23-10-2-6-17(23)25/h1,4-5,14H,2-3,6-13H2,(H,22,26). The lowest BCUT2D eigenvalue weighted by Crippen LogP contribution is -2.43. The molecule has 0 atom stereocenters. The molecule has 3 rings (SSSR count). The first kappa shape index (κ1) is 22.3. The Morgan fingerprint density at radius 2 is 1.90 bits per heavy atom. The van der Waals surface area contributed by atoms with E-state index in [4.69, 9.17) is 23.2 Å². The lowest BCUT2D eigenvalue weighted by atomic mass is 9.97. The highest BCUT2D eigenvalue weighted by molar-refractivity contribution is 7.89.